The summed E-state index contributed by atoms with van der Waals surface area (Å²) in [5, 5.41) is 9.45. The third-order valence-electron chi connectivity index (χ3n) is 8.16. The molecule has 9 nitrogen and oxygen atoms in total. The normalized spacial score (nSPS) is 17.6. The molecule has 3 N–H and O–H groups in total. The van der Waals surface area contributed by atoms with E-state index in [4.69, 9.17) is 4.74 Å². The maximum Gasteiger partial charge on any atom is 0.413 e. The lowest BCUT2D eigenvalue weighted by Gasteiger charge is -2.52. The van der Waals surface area contributed by atoms with Crippen LogP contribution < -0.4 is 16.0 Å². The number of amides is 3. The molecule has 1 saturated heterocycles. The van der Waals surface area contributed by atoms with Crippen LogP contribution in [0.3, 0.4) is 0 Å². The van der Waals surface area contributed by atoms with Gasteiger partial charge in [0, 0.05) is 49.9 Å². The van der Waals surface area contributed by atoms with Crippen molar-refractivity contribution in [2.45, 2.75) is 64.7 Å². The molecule has 4 rings (SSSR count). The zero-order valence-electron chi connectivity index (χ0n) is 27.4. The van der Waals surface area contributed by atoms with E-state index in [1.54, 1.807) is 29.2 Å². The number of piperazine rings is 1. The molecule has 3 aromatic carbocycles. The highest BCUT2D eigenvalue weighted by Crippen LogP contribution is 2.37. The molecule has 0 aromatic heterocycles. The second kappa shape index (κ2) is 17.0. The van der Waals surface area contributed by atoms with Crippen molar-refractivity contribution in [1.82, 2.24) is 25.8 Å². The largest absolute Gasteiger partial charge is 0.433 e. The quantitative estimate of drug-likeness (QED) is 0.147. The lowest BCUT2D eigenvalue weighted by molar-refractivity contribution is -0.0156. The zero-order valence-corrected chi connectivity index (χ0v) is 27.4. The number of carbonyl (C=O) groups excluding carboxylic acids is 3. The van der Waals surface area contributed by atoms with Crippen molar-refractivity contribution in [3.05, 3.63) is 107 Å². The fourth-order valence-corrected chi connectivity index (χ4v) is 6.18. The number of carbonyl (C=O) groups is 3. The molecule has 252 valence electrons. The fraction of sp³-hybridized carbons (Fsp3) is 0.417. The van der Waals surface area contributed by atoms with Crippen molar-refractivity contribution in [2.24, 2.45) is 0 Å². The summed E-state index contributed by atoms with van der Waals surface area (Å²) in [5.74, 6) is -2.28. The van der Waals surface area contributed by atoms with Gasteiger partial charge in [0.2, 0.25) is 0 Å². The summed E-state index contributed by atoms with van der Waals surface area (Å²) in [6, 6.07) is 18.4. The van der Waals surface area contributed by atoms with Crippen LogP contribution in [0.25, 0.3) is 0 Å². The first-order valence-corrected chi connectivity index (χ1v) is 16.3. The minimum Gasteiger partial charge on any atom is -0.433 e. The molecule has 3 aromatic rings. The van der Waals surface area contributed by atoms with E-state index in [1.165, 1.54) is 17.0 Å². The summed E-state index contributed by atoms with van der Waals surface area (Å²) in [4.78, 5) is 44.4. The van der Waals surface area contributed by atoms with Crippen molar-refractivity contribution >= 4 is 17.9 Å². The Balaban J connectivity index is 1.66. The van der Waals surface area contributed by atoms with Crippen LogP contribution in [-0.4, -0.2) is 66.3 Å². The molecule has 0 radical (unpaired) electrons. The van der Waals surface area contributed by atoms with Gasteiger partial charge in [-0.1, -0.05) is 63.6 Å². The fourth-order valence-electron chi connectivity index (χ4n) is 6.18. The van der Waals surface area contributed by atoms with Crippen LogP contribution in [0.1, 0.15) is 84.3 Å². The Morgan fingerprint density at radius 3 is 2.26 bits per heavy atom. The van der Waals surface area contributed by atoms with Crippen LogP contribution in [0, 0.1) is 11.6 Å². The average molecular weight is 650 g/mol. The van der Waals surface area contributed by atoms with E-state index in [0.29, 0.717) is 31.6 Å². The molecule has 1 aliphatic rings. The van der Waals surface area contributed by atoms with Gasteiger partial charge < -0.3 is 20.3 Å². The molecule has 3 amide bonds. The van der Waals surface area contributed by atoms with Crippen LogP contribution in [0.15, 0.2) is 72.8 Å². The number of nitrogens with one attached hydrogen (secondary N) is 3. The number of hydrogen-bond donors (Lipinski definition) is 3. The lowest BCUT2D eigenvalue weighted by Crippen LogP contribution is -2.72. The molecule has 0 spiro atoms. The topological polar surface area (TPSA) is 103 Å². The van der Waals surface area contributed by atoms with Gasteiger partial charge in [0.15, 0.2) is 0 Å². The Morgan fingerprint density at radius 1 is 0.915 bits per heavy atom. The third kappa shape index (κ3) is 8.93. The van der Waals surface area contributed by atoms with Gasteiger partial charge in [-0.05, 0) is 60.7 Å². The van der Waals surface area contributed by atoms with Crippen LogP contribution in [0.4, 0.5) is 13.6 Å². The Morgan fingerprint density at radius 2 is 1.60 bits per heavy atom. The van der Waals surface area contributed by atoms with Crippen molar-refractivity contribution in [2.75, 3.05) is 32.9 Å². The molecule has 0 bridgehead atoms. The van der Waals surface area contributed by atoms with Crippen LogP contribution in [0.5, 0.6) is 0 Å². The van der Waals surface area contributed by atoms with Crippen molar-refractivity contribution in [1.29, 1.82) is 0 Å². The maximum absolute atomic E-state index is 14.5. The van der Waals surface area contributed by atoms with Crippen molar-refractivity contribution in [3.8, 4) is 0 Å². The summed E-state index contributed by atoms with van der Waals surface area (Å²) >= 11 is 0. The predicted molar refractivity (Wildman–Crippen MR) is 176 cm³/mol. The molecule has 1 fully saturated rings. The summed E-state index contributed by atoms with van der Waals surface area (Å²) < 4.78 is 34.7. The van der Waals surface area contributed by atoms with E-state index >= 15 is 0 Å². The zero-order chi connectivity index (χ0) is 33.8. The number of nitrogens with zero attached hydrogens (tertiary/aromatic N) is 2. The van der Waals surface area contributed by atoms with Gasteiger partial charge in [-0.3, -0.25) is 19.8 Å². The Bertz CT molecular complexity index is 1480. The number of rotatable bonds is 14. The molecule has 1 aliphatic heterocycles. The number of hydrogen-bond acceptors (Lipinski definition) is 6. The average Bonchev–Trinajstić information content (AvgIpc) is 3.06. The van der Waals surface area contributed by atoms with Gasteiger partial charge in [-0.15, -0.1) is 0 Å². The van der Waals surface area contributed by atoms with E-state index in [1.807, 2.05) is 51.1 Å². The molecular weight excluding hydrogens is 604 g/mol. The standard InChI is InChI=1S/C36H45F2N5O4/c1-4-15-36(41-33(44)27-13-10-14-28(20-27)34(45)42(17-5-2)18-6-3)32(29-21-30(37)23-31(38)22-29)40-16-19-43(36)35(46)47-25-39-24-26-11-8-7-9-12-26/h7-14,20-23,32,39-40H,4-6,15-19,24-25H2,1-3H3,(H,41,44). The van der Waals surface area contributed by atoms with Gasteiger partial charge >= 0.3 is 6.09 Å². The summed E-state index contributed by atoms with van der Waals surface area (Å²) in [6.45, 7) is 7.91. The SMILES string of the molecule is CCCN(CCC)C(=O)c1cccc(C(=O)NC2(CCC)C(c3cc(F)cc(F)c3)NCCN2C(=O)OCNCc2ccccc2)c1. The highest BCUT2D eigenvalue weighted by Gasteiger charge is 2.50. The van der Waals surface area contributed by atoms with E-state index in [9.17, 15) is 23.2 Å². The van der Waals surface area contributed by atoms with Crippen molar-refractivity contribution in [3.63, 3.8) is 0 Å². The monoisotopic (exact) mass is 649 g/mol. The maximum atomic E-state index is 14.5. The first-order valence-electron chi connectivity index (χ1n) is 16.3. The Labute approximate surface area is 275 Å². The molecule has 1 heterocycles. The Kier molecular flexibility index (Phi) is 12.8. The molecule has 0 saturated carbocycles. The molecule has 2 atom stereocenters. The number of benzene rings is 3. The lowest BCUT2D eigenvalue weighted by atomic mass is 9.85. The Hall–Kier alpha value is -4.35. The van der Waals surface area contributed by atoms with Gasteiger partial charge in [-0.2, -0.15) is 0 Å². The first kappa shape index (κ1) is 35.5. The van der Waals surface area contributed by atoms with Crippen LogP contribution >= 0.6 is 0 Å². The van der Waals surface area contributed by atoms with Gasteiger partial charge in [0.05, 0.1) is 6.04 Å². The van der Waals surface area contributed by atoms with Gasteiger partial charge in [0.1, 0.15) is 24.0 Å². The van der Waals surface area contributed by atoms with E-state index < -0.39 is 35.3 Å². The highest BCUT2D eigenvalue weighted by atomic mass is 19.1. The molecule has 0 aliphatic carbocycles. The summed E-state index contributed by atoms with van der Waals surface area (Å²) in [7, 11) is 0. The summed E-state index contributed by atoms with van der Waals surface area (Å²) in [6.07, 6.45) is 1.65. The predicted octanol–water partition coefficient (Wildman–Crippen LogP) is 5.98. The van der Waals surface area contributed by atoms with E-state index in [2.05, 4.69) is 16.0 Å². The van der Waals surface area contributed by atoms with Gasteiger partial charge in [-0.25, -0.2) is 13.6 Å². The smallest absolute Gasteiger partial charge is 0.413 e. The highest BCUT2D eigenvalue weighted by molar-refractivity contribution is 6.00. The van der Waals surface area contributed by atoms with Crippen LogP contribution in [-0.2, 0) is 11.3 Å². The van der Waals surface area contributed by atoms with E-state index in [0.717, 1.165) is 24.5 Å². The minimum atomic E-state index is -1.47. The van der Waals surface area contributed by atoms with Crippen molar-refractivity contribution < 1.29 is 27.9 Å². The second-order valence-corrected chi connectivity index (χ2v) is 11.7. The molecule has 47 heavy (non-hydrogen) atoms. The second-order valence-electron chi connectivity index (χ2n) is 11.7. The minimum absolute atomic E-state index is 0.0940. The first-order chi connectivity index (χ1) is 22.7. The molecule has 11 heteroatoms. The number of ether oxygens (including phenoxy) is 1. The van der Waals surface area contributed by atoms with E-state index in [-0.39, 0.29) is 43.3 Å². The van der Waals surface area contributed by atoms with Crippen LogP contribution in [0.2, 0.25) is 0 Å². The molecule has 2 unspecified atom stereocenters. The summed E-state index contributed by atoms with van der Waals surface area (Å²) in [5.41, 5.74) is 0.355. The third-order valence-corrected chi connectivity index (χ3v) is 8.16. The van der Waals surface area contributed by atoms with Gasteiger partial charge in [0.25, 0.3) is 11.8 Å². The number of halogens is 2. The molecular formula is C36H45F2N5O4.